The Morgan fingerprint density at radius 2 is 2.09 bits per heavy atom. The number of aryl methyl sites for hydroxylation is 1. The van der Waals surface area contributed by atoms with Crippen molar-refractivity contribution in [1.82, 2.24) is 20.0 Å². The van der Waals surface area contributed by atoms with Gasteiger partial charge >= 0.3 is 0 Å². The third-order valence-electron chi connectivity index (χ3n) is 3.69. The first kappa shape index (κ1) is 17.2. The van der Waals surface area contributed by atoms with E-state index in [-0.39, 0.29) is 11.8 Å². The van der Waals surface area contributed by atoms with E-state index in [1.165, 1.54) is 5.56 Å². The Morgan fingerprint density at radius 3 is 2.70 bits per heavy atom. The third-order valence-corrected chi connectivity index (χ3v) is 3.69. The van der Waals surface area contributed by atoms with Gasteiger partial charge in [0.05, 0.1) is 23.1 Å². The van der Waals surface area contributed by atoms with Gasteiger partial charge < -0.3 is 10.2 Å². The highest BCUT2D eigenvalue weighted by Gasteiger charge is 2.20. The Labute approximate surface area is 138 Å². The van der Waals surface area contributed by atoms with E-state index < -0.39 is 0 Å². The molecule has 5 heteroatoms. The van der Waals surface area contributed by atoms with Crippen LogP contribution in [0, 0.1) is 6.92 Å². The van der Waals surface area contributed by atoms with Gasteiger partial charge in [-0.05, 0) is 44.6 Å². The van der Waals surface area contributed by atoms with Gasteiger partial charge in [-0.1, -0.05) is 26.0 Å². The van der Waals surface area contributed by atoms with Gasteiger partial charge in [-0.3, -0.25) is 4.79 Å². The van der Waals surface area contributed by atoms with Crippen molar-refractivity contribution >= 4 is 5.91 Å². The van der Waals surface area contributed by atoms with Crippen LogP contribution in [0.4, 0.5) is 0 Å². The standard InChI is InChI=1S/C18H26N4O/c1-13(2)17-16(18(23)19-9-10-21(4)5)12-20-22(17)15-8-6-7-14(3)11-15/h6-8,11-13H,9-10H2,1-5H3,(H,19,23). The van der Waals surface area contributed by atoms with Crippen LogP contribution >= 0.6 is 0 Å². The summed E-state index contributed by atoms with van der Waals surface area (Å²) < 4.78 is 1.87. The Bertz CT molecular complexity index is 673. The summed E-state index contributed by atoms with van der Waals surface area (Å²) in [6.07, 6.45) is 1.67. The maximum atomic E-state index is 12.5. The molecule has 124 valence electrons. The lowest BCUT2D eigenvalue weighted by Gasteiger charge is -2.14. The number of carbonyl (C=O) groups is 1. The summed E-state index contributed by atoms with van der Waals surface area (Å²) in [5, 5.41) is 7.43. The van der Waals surface area contributed by atoms with Gasteiger partial charge in [0.15, 0.2) is 0 Å². The molecule has 2 rings (SSSR count). The minimum Gasteiger partial charge on any atom is -0.351 e. The third kappa shape index (κ3) is 4.20. The molecule has 1 heterocycles. The van der Waals surface area contributed by atoms with Gasteiger partial charge in [0.1, 0.15) is 0 Å². The average molecular weight is 314 g/mol. The zero-order chi connectivity index (χ0) is 17.0. The predicted molar refractivity (Wildman–Crippen MR) is 93.3 cm³/mol. The fraction of sp³-hybridized carbons (Fsp3) is 0.444. The van der Waals surface area contributed by atoms with Crippen molar-refractivity contribution in [3.05, 3.63) is 47.3 Å². The van der Waals surface area contributed by atoms with Crippen LogP contribution in [0.2, 0.25) is 0 Å². The number of likely N-dealkylation sites (N-methyl/N-ethyl adjacent to an activating group) is 1. The van der Waals surface area contributed by atoms with Crippen molar-refractivity contribution in [2.45, 2.75) is 26.7 Å². The molecule has 0 aliphatic carbocycles. The molecule has 0 bridgehead atoms. The van der Waals surface area contributed by atoms with Crippen LogP contribution in [-0.4, -0.2) is 47.8 Å². The fourth-order valence-electron chi connectivity index (χ4n) is 2.54. The van der Waals surface area contributed by atoms with Crippen LogP contribution in [0.15, 0.2) is 30.5 Å². The number of amides is 1. The normalized spacial score (nSPS) is 11.3. The van der Waals surface area contributed by atoms with Gasteiger partial charge in [-0.2, -0.15) is 5.10 Å². The number of hydrogen-bond donors (Lipinski definition) is 1. The second-order valence-corrected chi connectivity index (χ2v) is 6.41. The van der Waals surface area contributed by atoms with Crippen LogP contribution in [0.25, 0.3) is 5.69 Å². The Kier molecular flexibility index (Phi) is 5.55. The summed E-state index contributed by atoms with van der Waals surface area (Å²) in [7, 11) is 3.98. The molecular formula is C18H26N4O. The lowest BCUT2D eigenvalue weighted by molar-refractivity contribution is 0.0949. The minimum atomic E-state index is -0.0607. The molecular weight excluding hydrogens is 288 g/mol. The van der Waals surface area contributed by atoms with E-state index in [4.69, 9.17) is 0 Å². The summed E-state index contributed by atoms with van der Waals surface area (Å²) in [5.74, 6) is 0.141. The molecule has 1 aromatic heterocycles. The Morgan fingerprint density at radius 1 is 1.35 bits per heavy atom. The van der Waals surface area contributed by atoms with Crippen LogP contribution < -0.4 is 5.32 Å². The monoisotopic (exact) mass is 314 g/mol. The van der Waals surface area contributed by atoms with E-state index in [9.17, 15) is 4.79 Å². The number of nitrogens with zero attached hydrogens (tertiary/aromatic N) is 3. The van der Waals surface area contributed by atoms with Gasteiger partial charge in [0.2, 0.25) is 0 Å². The van der Waals surface area contributed by atoms with E-state index >= 15 is 0 Å². The van der Waals surface area contributed by atoms with E-state index in [0.717, 1.165) is 17.9 Å². The van der Waals surface area contributed by atoms with Crippen molar-refractivity contribution < 1.29 is 4.79 Å². The molecule has 5 nitrogen and oxygen atoms in total. The molecule has 0 radical (unpaired) electrons. The van der Waals surface area contributed by atoms with Gasteiger partial charge in [0, 0.05) is 13.1 Å². The fourth-order valence-corrected chi connectivity index (χ4v) is 2.54. The molecule has 0 saturated heterocycles. The molecule has 0 fully saturated rings. The summed E-state index contributed by atoms with van der Waals surface area (Å²) >= 11 is 0. The van der Waals surface area contributed by atoms with Gasteiger partial charge in [0.25, 0.3) is 5.91 Å². The highest BCUT2D eigenvalue weighted by molar-refractivity contribution is 5.95. The highest BCUT2D eigenvalue weighted by atomic mass is 16.1. The topological polar surface area (TPSA) is 50.2 Å². The van der Waals surface area contributed by atoms with E-state index in [0.29, 0.717) is 12.1 Å². The summed E-state index contributed by atoms with van der Waals surface area (Å²) in [6, 6.07) is 8.15. The largest absolute Gasteiger partial charge is 0.351 e. The SMILES string of the molecule is Cc1cccc(-n2ncc(C(=O)NCCN(C)C)c2C(C)C)c1. The number of hydrogen-bond acceptors (Lipinski definition) is 3. The smallest absolute Gasteiger partial charge is 0.254 e. The molecule has 0 aliphatic heterocycles. The second-order valence-electron chi connectivity index (χ2n) is 6.41. The molecule has 0 saturated carbocycles. The van der Waals surface area contributed by atoms with E-state index in [1.807, 2.05) is 35.8 Å². The maximum absolute atomic E-state index is 12.5. The number of benzene rings is 1. The van der Waals surface area contributed by atoms with Crippen molar-refractivity contribution in [3.8, 4) is 5.69 Å². The van der Waals surface area contributed by atoms with Crippen molar-refractivity contribution in [2.75, 3.05) is 27.2 Å². The van der Waals surface area contributed by atoms with E-state index in [1.54, 1.807) is 6.20 Å². The quantitative estimate of drug-likeness (QED) is 0.891. The molecule has 1 N–H and O–H groups in total. The lowest BCUT2D eigenvalue weighted by atomic mass is 10.0. The van der Waals surface area contributed by atoms with Gasteiger partial charge in [-0.25, -0.2) is 4.68 Å². The first-order valence-electron chi connectivity index (χ1n) is 7.98. The van der Waals surface area contributed by atoms with Crippen LogP contribution in [0.1, 0.15) is 41.4 Å². The number of nitrogens with one attached hydrogen (secondary N) is 1. The summed E-state index contributed by atoms with van der Waals surface area (Å²) in [6.45, 7) is 7.66. The van der Waals surface area contributed by atoms with Crippen molar-refractivity contribution in [2.24, 2.45) is 0 Å². The molecule has 1 aromatic carbocycles. The first-order chi connectivity index (χ1) is 10.9. The van der Waals surface area contributed by atoms with Crippen LogP contribution in [-0.2, 0) is 0 Å². The molecule has 0 atom stereocenters. The second kappa shape index (κ2) is 7.42. The Hall–Kier alpha value is -2.14. The zero-order valence-corrected chi connectivity index (χ0v) is 14.6. The first-order valence-corrected chi connectivity index (χ1v) is 7.98. The summed E-state index contributed by atoms with van der Waals surface area (Å²) in [5.41, 5.74) is 3.75. The number of carbonyl (C=O) groups excluding carboxylic acids is 1. The average Bonchev–Trinajstić information content (AvgIpc) is 2.91. The van der Waals surface area contributed by atoms with Gasteiger partial charge in [-0.15, -0.1) is 0 Å². The lowest BCUT2D eigenvalue weighted by Crippen LogP contribution is -2.31. The molecule has 0 aliphatic rings. The minimum absolute atomic E-state index is 0.0607. The van der Waals surface area contributed by atoms with Crippen molar-refractivity contribution in [3.63, 3.8) is 0 Å². The summed E-state index contributed by atoms with van der Waals surface area (Å²) in [4.78, 5) is 14.5. The van der Waals surface area contributed by atoms with Crippen molar-refractivity contribution in [1.29, 1.82) is 0 Å². The number of rotatable bonds is 6. The molecule has 0 spiro atoms. The predicted octanol–water partition coefficient (Wildman–Crippen LogP) is 2.60. The zero-order valence-electron chi connectivity index (χ0n) is 14.6. The highest BCUT2D eigenvalue weighted by Crippen LogP contribution is 2.23. The molecule has 1 amide bonds. The molecule has 23 heavy (non-hydrogen) atoms. The Balaban J connectivity index is 2.30. The van der Waals surface area contributed by atoms with Crippen LogP contribution in [0.3, 0.4) is 0 Å². The molecule has 2 aromatic rings. The van der Waals surface area contributed by atoms with Crippen LogP contribution in [0.5, 0.6) is 0 Å². The van der Waals surface area contributed by atoms with E-state index in [2.05, 4.69) is 43.3 Å². The maximum Gasteiger partial charge on any atom is 0.254 e. The number of aromatic nitrogens is 2. The molecule has 0 unspecified atom stereocenters.